The molecule has 3 aromatic rings. The summed E-state index contributed by atoms with van der Waals surface area (Å²) >= 11 is 0. The molecule has 0 saturated heterocycles. The minimum absolute atomic E-state index is 0.186. The van der Waals surface area contributed by atoms with Crippen LogP contribution in [0.1, 0.15) is 11.1 Å². The van der Waals surface area contributed by atoms with Crippen LogP contribution in [0, 0.1) is 13.8 Å². The van der Waals surface area contributed by atoms with Gasteiger partial charge in [-0.2, -0.15) is 0 Å². The van der Waals surface area contributed by atoms with E-state index in [1.165, 1.54) is 12.1 Å². The maximum absolute atomic E-state index is 12.5. The van der Waals surface area contributed by atoms with Crippen molar-refractivity contribution in [2.75, 3.05) is 4.72 Å². The van der Waals surface area contributed by atoms with E-state index < -0.39 is 10.0 Å². The first-order valence-corrected chi connectivity index (χ1v) is 9.35. The van der Waals surface area contributed by atoms with E-state index in [1.807, 2.05) is 50.2 Å². The molecular weight excluding hydrogens is 334 g/mol. The van der Waals surface area contributed by atoms with Crippen molar-refractivity contribution in [2.24, 2.45) is 0 Å². The van der Waals surface area contributed by atoms with Gasteiger partial charge in [0.1, 0.15) is 11.5 Å². The number of hydrogen-bond donors (Lipinski definition) is 1. The van der Waals surface area contributed by atoms with Crippen LogP contribution >= 0.6 is 0 Å². The van der Waals surface area contributed by atoms with Crippen LogP contribution in [0.3, 0.4) is 0 Å². The third-order valence-corrected chi connectivity index (χ3v) is 5.12. The van der Waals surface area contributed by atoms with Gasteiger partial charge in [0.05, 0.1) is 4.90 Å². The summed E-state index contributed by atoms with van der Waals surface area (Å²) in [4.78, 5) is 0.186. The molecule has 0 bridgehead atoms. The Kier molecular flexibility index (Phi) is 4.76. The molecule has 0 saturated carbocycles. The minimum atomic E-state index is -3.63. The number of para-hydroxylation sites is 1. The number of hydrogen-bond acceptors (Lipinski definition) is 3. The largest absolute Gasteiger partial charge is 0.457 e. The number of sulfonamides is 1. The lowest BCUT2D eigenvalue weighted by Gasteiger charge is -2.11. The van der Waals surface area contributed by atoms with Gasteiger partial charge in [0.15, 0.2) is 0 Å². The van der Waals surface area contributed by atoms with E-state index in [9.17, 15) is 8.42 Å². The maximum Gasteiger partial charge on any atom is 0.261 e. The fourth-order valence-corrected chi connectivity index (χ4v) is 3.46. The van der Waals surface area contributed by atoms with Crippen LogP contribution in [0.15, 0.2) is 77.7 Å². The maximum atomic E-state index is 12.5. The van der Waals surface area contributed by atoms with Gasteiger partial charge in [0, 0.05) is 5.69 Å². The normalized spacial score (nSPS) is 11.1. The zero-order valence-electron chi connectivity index (χ0n) is 14.1. The summed E-state index contributed by atoms with van der Waals surface area (Å²) < 4.78 is 33.3. The van der Waals surface area contributed by atoms with Crippen molar-refractivity contribution in [1.82, 2.24) is 0 Å². The fourth-order valence-electron chi connectivity index (χ4n) is 2.41. The van der Waals surface area contributed by atoms with Crippen molar-refractivity contribution >= 4 is 15.7 Å². The standard InChI is InChI=1S/C20H19NO3S/c1-15-6-5-8-17(14-15)21-25(22,23)19-12-10-18(11-13-19)24-20-9-4-3-7-16(20)2/h3-14,21H,1-2H3. The van der Waals surface area contributed by atoms with Crippen LogP contribution in [0.5, 0.6) is 11.5 Å². The average molecular weight is 353 g/mol. The molecule has 0 unspecified atom stereocenters. The molecule has 0 aliphatic heterocycles. The predicted molar refractivity (Wildman–Crippen MR) is 99.7 cm³/mol. The van der Waals surface area contributed by atoms with Gasteiger partial charge in [-0.3, -0.25) is 4.72 Å². The van der Waals surface area contributed by atoms with Crippen LogP contribution in [-0.2, 0) is 10.0 Å². The summed E-state index contributed by atoms with van der Waals surface area (Å²) in [6.07, 6.45) is 0. The molecule has 0 aliphatic carbocycles. The summed E-state index contributed by atoms with van der Waals surface area (Å²) in [7, 11) is -3.63. The third kappa shape index (κ3) is 4.19. The van der Waals surface area contributed by atoms with Crippen LogP contribution in [0.25, 0.3) is 0 Å². The van der Waals surface area contributed by atoms with Gasteiger partial charge in [-0.05, 0) is 67.4 Å². The third-order valence-electron chi connectivity index (χ3n) is 3.73. The second kappa shape index (κ2) is 6.99. The molecule has 5 heteroatoms. The van der Waals surface area contributed by atoms with E-state index in [0.29, 0.717) is 11.4 Å². The van der Waals surface area contributed by atoms with E-state index in [4.69, 9.17) is 4.74 Å². The van der Waals surface area contributed by atoms with Crippen molar-refractivity contribution in [3.8, 4) is 11.5 Å². The fraction of sp³-hybridized carbons (Fsp3) is 0.100. The van der Waals surface area contributed by atoms with Gasteiger partial charge in [0.2, 0.25) is 0 Å². The molecule has 128 valence electrons. The lowest BCUT2D eigenvalue weighted by atomic mass is 10.2. The van der Waals surface area contributed by atoms with Gasteiger partial charge in [-0.25, -0.2) is 8.42 Å². The van der Waals surface area contributed by atoms with Crippen LogP contribution < -0.4 is 9.46 Å². The quantitative estimate of drug-likeness (QED) is 0.710. The number of anilines is 1. The van der Waals surface area contributed by atoms with Crippen molar-refractivity contribution in [3.63, 3.8) is 0 Å². The highest BCUT2D eigenvalue weighted by molar-refractivity contribution is 7.92. The Morgan fingerprint density at radius 2 is 1.56 bits per heavy atom. The molecule has 3 rings (SSSR count). The van der Waals surface area contributed by atoms with E-state index in [0.717, 1.165) is 16.9 Å². The highest BCUT2D eigenvalue weighted by atomic mass is 32.2. The Bertz CT molecular complexity index is 980. The van der Waals surface area contributed by atoms with E-state index in [1.54, 1.807) is 24.3 Å². The predicted octanol–water partition coefficient (Wildman–Crippen LogP) is 4.90. The van der Waals surface area contributed by atoms with Gasteiger partial charge < -0.3 is 4.74 Å². The van der Waals surface area contributed by atoms with Crippen molar-refractivity contribution in [3.05, 3.63) is 83.9 Å². The SMILES string of the molecule is Cc1cccc(NS(=O)(=O)c2ccc(Oc3ccccc3C)cc2)c1. The zero-order valence-corrected chi connectivity index (χ0v) is 14.9. The molecule has 0 fully saturated rings. The smallest absolute Gasteiger partial charge is 0.261 e. The molecular formula is C20H19NO3S. The minimum Gasteiger partial charge on any atom is -0.457 e. The van der Waals surface area contributed by atoms with Crippen molar-refractivity contribution in [1.29, 1.82) is 0 Å². The van der Waals surface area contributed by atoms with Gasteiger partial charge in [0.25, 0.3) is 10.0 Å². The molecule has 0 spiro atoms. The first-order chi connectivity index (χ1) is 11.9. The molecule has 1 N–H and O–H groups in total. The Hall–Kier alpha value is -2.79. The summed E-state index contributed by atoms with van der Waals surface area (Å²) in [6.45, 7) is 3.87. The number of rotatable bonds is 5. The second-order valence-corrected chi connectivity index (χ2v) is 7.50. The molecule has 0 heterocycles. The average Bonchev–Trinajstić information content (AvgIpc) is 2.57. The van der Waals surface area contributed by atoms with Gasteiger partial charge in [-0.1, -0.05) is 30.3 Å². The highest BCUT2D eigenvalue weighted by Crippen LogP contribution is 2.26. The molecule has 0 atom stereocenters. The monoisotopic (exact) mass is 353 g/mol. The molecule has 0 amide bonds. The van der Waals surface area contributed by atoms with E-state index >= 15 is 0 Å². The molecule has 0 aromatic heterocycles. The second-order valence-electron chi connectivity index (χ2n) is 5.81. The summed E-state index contributed by atoms with van der Waals surface area (Å²) in [5, 5.41) is 0. The van der Waals surface area contributed by atoms with Crippen molar-refractivity contribution in [2.45, 2.75) is 18.7 Å². The van der Waals surface area contributed by atoms with Gasteiger partial charge >= 0.3 is 0 Å². The van der Waals surface area contributed by atoms with Gasteiger partial charge in [-0.15, -0.1) is 0 Å². The lowest BCUT2D eigenvalue weighted by molar-refractivity contribution is 0.478. The van der Waals surface area contributed by atoms with Crippen LogP contribution in [-0.4, -0.2) is 8.42 Å². The van der Waals surface area contributed by atoms with Crippen LogP contribution in [0.2, 0.25) is 0 Å². The summed E-state index contributed by atoms with van der Waals surface area (Å²) in [5.41, 5.74) is 2.54. The summed E-state index contributed by atoms with van der Waals surface area (Å²) in [6, 6.07) is 21.3. The molecule has 25 heavy (non-hydrogen) atoms. The van der Waals surface area contributed by atoms with E-state index in [2.05, 4.69) is 4.72 Å². The van der Waals surface area contributed by atoms with Crippen molar-refractivity contribution < 1.29 is 13.2 Å². The number of nitrogens with one attached hydrogen (secondary N) is 1. The Labute approximate surface area is 148 Å². The lowest BCUT2D eigenvalue weighted by Crippen LogP contribution is -2.12. The topological polar surface area (TPSA) is 55.4 Å². The molecule has 0 aliphatic rings. The Balaban J connectivity index is 1.78. The van der Waals surface area contributed by atoms with E-state index in [-0.39, 0.29) is 4.90 Å². The molecule has 4 nitrogen and oxygen atoms in total. The number of ether oxygens (including phenoxy) is 1. The molecule has 0 radical (unpaired) electrons. The Morgan fingerprint density at radius 3 is 2.24 bits per heavy atom. The zero-order chi connectivity index (χ0) is 17.9. The number of aryl methyl sites for hydroxylation is 2. The number of benzene rings is 3. The molecule has 3 aromatic carbocycles. The first-order valence-electron chi connectivity index (χ1n) is 7.87. The highest BCUT2D eigenvalue weighted by Gasteiger charge is 2.14. The summed E-state index contributed by atoms with van der Waals surface area (Å²) in [5.74, 6) is 1.33. The Morgan fingerprint density at radius 1 is 0.840 bits per heavy atom. The van der Waals surface area contributed by atoms with Crippen LogP contribution in [0.4, 0.5) is 5.69 Å². The first kappa shape index (κ1) is 17.0.